The molecule has 0 saturated carbocycles. The van der Waals surface area contributed by atoms with Crippen LogP contribution in [0.15, 0.2) is 35.5 Å². The van der Waals surface area contributed by atoms with Gasteiger partial charge in [0.1, 0.15) is 0 Å². The van der Waals surface area contributed by atoms with Gasteiger partial charge in [0.15, 0.2) is 5.41 Å². The highest BCUT2D eigenvalue weighted by Gasteiger charge is 2.50. The lowest BCUT2D eigenvalue weighted by atomic mass is 9.66. The average molecular weight is 308 g/mol. The van der Waals surface area contributed by atoms with Gasteiger partial charge in [0.05, 0.1) is 11.5 Å². The number of hydrogen-bond donors (Lipinski definition) is 4. The maximum absolute atomic E-state index is 11.4. The third kappa shape index (κ3) is 2.18. The first-order valence-electron chi connectivity index (χ1n) is 6.23. The van der Waals surface area contributed by atoms with Crippen molar-refractivity contribution in [3.05, 3.63) is 35.5 Å². The Morgan fingerprint density at radius 3 is 2.05 bits per heavy atom. The Bertz CT molecular complexity index is 652. The minimum absolute atomic E-state index is 0.268. The van der Waals surface area contributed by atoms with E-state index in [2.05, 4.69) is 0 Å². The molecule has 2 aliphatic rings. The lowest BCUT2D eigenvalue weighted by Gasteiger charge is -2.35. The summed E-state index contributed by atoms with van der Waals surface area (Å²) in [5.41, 5.74) is -2.23. The van der Waals surface area contributed by atoms with Crippen LogP contribution in [0.4, 0.5) is 0 Å². The van der Waals surface area contributed by atoms with E-state index >= 15 is 0 Å². The lowest BCUT2D eigenvalue weighted by Crippen LogP contribution is -2.43. The molecular formula is C14H12O8. The Morgan fingerprint density at radius 1 is 1.00 bits per heavy atom. The summed E-state index contributed by atoms with van der Waals surface area (Å²) in [5.74, 6) is -8.13. The van der Waals surface area contributed by atoms with E-state index < -0.39 is 47.5 Å². The maximum atomic E-state index is 11.4. The number of rotatable bonds is 4. The Kier molecular flexibility index (Phi) is 3.62. The summed E-state index contributed by atoms with van der Waals surface area (Å²) in [6.45, 7) is 0. The van der Waals surface area contributed by atoms with Gasteiger partial charge in [-0.15, -0.1) is 0 Å². The molecule has 0 radical (unpaired) electrons. The molecular weight excluding hydrogens is 296 g/mol. The molecule has 2 unspecified atom stereocenters. The van der Waals surface area contributed by atoms with Crippen LogP contribution in [0.25, 0.3) is 0 Å². The van der Waals surface area contributed by atoms with Gasteiger partial charge in [-0.3, -0.25) is 14.4 Å². The average Bonchev–Trinajstić information content (AvgIpc) is 2.44. The van der Waals surface area contributed by atoms with Gasteiger partial charge >= 0.3 is 23.9 Å². The van der Waals surface area contributed by atoms with E-state index in [4.69, 9.17) is 5.11 Å². The van der Waals surface area contributed by atoms with E-state index in [9.17, 15) is 34.5 Å². The molecule has 2 aliphatic carbocycles. The zero-order chi connectivity index (χ0) is 16.7. The molecule has 0 aromatic heterocycles. The topological polar surface area (TPSA) is 149 Å². The van der Waals surface area contributed by atoms with Crippen LogP contribution in [0.1, 0.15) is 6.42 Å². The molecule has 2 atom stereocenters. The van der Waals surface area contributed by atoms with Gasteiger partial charge in [-0.25, -0.2) is 4.79 Å². The molecule has 2 rings (SSSR count). The van der Waals surface area contributed by atoms with Crippen molar-refractivity contribution < 1.29 is 39.6 Å². The number of carboxylic acids is 4. The fourth-order valence-corrected chi connectivity index (χ4v) is 2.76. The van der Waals surface area contributed by atoms with Gasteiger partial charge in [0, 0.05) is 5.92 Å². The SMILES string of the molecule is O=C(O)C1=CC=C2CC(C(=O)O)(C(=O)O)C=CC2C1C(=O)O. The van der Waals surface area contributed by atoms with Crippen LogP contribution in [-0.4, -0.2) is 44.3 Å². The van der Waals surface area contributed by atoms with Gasteiger partial charge in [0.2, 0.25) is 0 Å². The van der Waals surface area contributed by atoms with Crippen molar-refractivity contribution in [3.63, 3.8) is 0 Å². The summed E-state index contributed by atoms with van der Waals surface area (Å²) in [6, 6.07) is 0. The van der Waals surface area contributed by atoms with Crippen molar-refractivity contribution in [3.8, 4) is 0 Å². The van der Waals surface area contributed by atoms with Crippen molar-refractivity contribution in [1.29, 1.82) is 0 Å². The number of fused-ring (bicyclic) bond motifs is 1. The normalized spacial score (nSPS) is 25.5. The molecule has 0 amide bonds. The second-order valence-electron chi connectivity index (χ2n) is 5.13. The second kappa shape index (κ2) is 5.14. The largest absolute Gasteiger partial charge is 0.481 e. The van der Waals surface area contributed by atoms with E-state index in [1.165, 1.54) is 6.08 Å². The number of allylic oxidation sites excluding steroid dienone is 4. The van der Waals surface area contributed by atoms with Crippen molar-refractivity contribution in [1.82, 2.24) is 0 Å². The van der Waals surface area contributed by atoms with Crippen LogP contribution in [0.3, 0.4) is 0 Å². The van der Waals surface area contributed by atoms with Crippen LogP contribution in [0.2, 0.25) is 0 Å². The summed E-state index contributed by atoms with van der Waals surface area (Å²) in [4.78, 5) is 45.1. The molecule has 0 aromatic carbocycles. The monoisotopic (exact) mass is 308 g/mol. The first-order chi connectivity index (χ1) is 10.2. The molecule has 116 valence electrons. The molecule has 0 fully saturated rings. The fourth-order valence-electron chi connectivity index (χ4n) is 2.76. The van der Waals surface area contributed by atoms with E-state index in [1.54, 1.807) is 0 Å². The highest BCUT2D eigenvalue weighted by molar-refractivity contribution is 6.02. The Balaban J connectivity index is 2.54. The van der Waals surface area contributed by atoms with Crippen LogP contribution >= 0.6 is 0 Å². The molecule has 0 aliphatic heterocycles. The standard InChI is InChI=1S/C14H12O8/c15-10(16)8-2-1-6-5-14(12(19)20,13(21)22)4-3-7(6)9(8)11(17)18/h1-4,7,9H,5H2,(H,15,16)(H,17,18)(H,19,20)(H,21,22). The van der Waals surface area contributed by atoms with E-state index in [0.29, 0.717) is 0 Å². The summed E-state index contributed by atoms with van der Waals surface area (Å²) in [6.07, 6.45) is 4.05. The fraction of sp³-hybridized carbons (Fsp3) is 0.286. The molecule has 0 bridgehead atoms. The van der Waals surface area contributed by atoms with Crippen molar-refractivity contribution >= 4 is 23.9 Å². The smallest absolute Gasteiger partial charge is 0.332 e. The summed E-state index contributed by atoms with van der Waals surface area (Å²) in [7, 11) is 0. The summed E-state index contributed by atoms with van der Waals surface area (Å²) in [5, 5.41) is 36.7. The van der Waals surface area contributed by atoms with Crippen molar-refractivity contribution in [2.75, 3.05) is 0 Å². The van der Waals surface area contributed by atoms with E-state index in [1.807, 2.05) is 0 Å². The van der Waals surface area contributed by atoms with Crippen LogP contribution in [0.5, 0.6) is 0 Å². The molecule has 22 heavy (non-hydrogen) atoms. The second-order valence-corrected chi connectivity index (χ2v) is 5.13. The van der Waals surface area contributed by atoms with Gasteiger partial charge in [-0.05, 0) is 6.42 Å². The minimum Gasteiger partial charge on any atom is -0.481 e. The van der Waals surface area contributed by atoms with Crippen molar-refractivity contribution in [2.45, 2.75) is 6.42 Å². The molecule has 0 spiro atoms. The first kappa shape index (κ1) is 15.5. The zero-order valence-corrected chi connectivity index (χ0v) is 11.1. The highest BCUT2D eigenvalue weighted by Crippen LogP contribution is 2.44. The molecule has 0 aromatic rings. The van der Waals surface area contributed by atoms with Crippen LogP contribution in [-0.2, 0) is 19.2 Å². The van der Waals surface area contributed by atoms with E-state index in [-0.39, 0.29) is 11.1 Å². The Labute approximate surface area is 123 Å². The van der Waals surface area contributed by atoms with Gasteiger partial charge < -0.3 is 20.4 Å². The third-order valence-electron chi connectivity index (χ3n) is 3.95. The predicted octanol–water partition coefficient (Wildman–Crippen LogP) is 0.370. The van der Waals surface area contributed by atoms with Gasteiger partial charge in [-0.1, -0.05) is 29.9 Å². The summed E-state index contributed by atoms with van der Waals surface area (Å²) < 4.78 is 0. The number of carboxylic acid groups (broad SMARTS) is 4. The van der Waals surface area contributed by atoms with Gasteiger partial charge in [-0.2, -0.15) is 0 Å². The van der Waals surface area contributed by atoms with Crippen molar-refractivity contribution in [2.24, 2.45) is 17.3 Å². The molecule has 8 nitrogen and oxygen atoms in total. The Morgan fingerprint density at radius 2 is 1.59 bits per heavy atom. The highest BCUT2D eigenvalue weighted by atomic mass is 16.4. The Hall–Kier alpha value is -2.90. The predicted molar refractivity (Wildman–Crippen MR) is 69.9 cm³/mol. The number of carbonyl (C=O) groups is 4. The third-order valence-corrected chi connectivity index (χ3v) is 3.95. The molecule has 0 heterocycles. The van der Waals surface area contributed by atoms with Crippen LogP contribution in [0, 0.1) is 17.3 Å². The molecule has 0 saturated heterocycles. The van der Waals surface area contributed by atoms with E-state index in [0.717, 1.165) is 18.2 Å². The molecule has 4 N–H and O–H groups in total. The first-order valence-corrected chi connectivity index (χ1v) is 6.23. The maximum Gasteiger partial charge on any atom is 0.332 e. The number of aliphatic carboxylic acids is 4. The van der Waals surface area contributed by atoms with Crippen LogP contribution < -0.4 is 0 Å². The zero-order valence-electron chi connectivity index (χ0n) is 11.1. The summed E-state index contributed by atoms with van der Waals surface area (Å²) >= 11 is 0. The minimum atomic E-state index is -2.17. The molecule has 8 heteroatoms. The number of hydrogen-bond acceptors (Lipinski definition) is 4. The van der Waals surface area contributed by atoms with Gasteiger partial charge in [0.25, 0.3) is 0 Å². The lowest BCUT2D eigenvalue weighted by molar-refractivity contribution is -0.161. The quantitative estimate of drug-likeness (QED) is 0.430.